The van der Waals surface area contributed by atoms with E-state index in [-0.39, 0.29) is 16.6 Å². The van der Waals surface area contributed by atoms with E-state index in [1.54, 1.807) is 20.8 Å². The van der Waals surface area contributed by atoms with Gasteiger partial charge in [0.15, 0.2) is 6.10 Å². The fourth-order valence-corrected chi connectivity index (χ4v) is 3.82. The number of benzene rings is 2. The lowest BCUT2D eigenvalue weighted by atomic mass is 10.2. The smallest absolute Gasteiger partial charge is 0.265 e. The second-order valence-electron chi connectivity index (χ2n) is 6.60. The van der Waals surface area contributed by atoms with Crippen molar-refractivity contribution in [2.24, 2.45) is 0 Å². The zero-order chi connectivity index (χ0) is 21.6. The SMILES string of the molecule is CC[C@@H](Oc1ccc(F)cc1)C(=O)Nc1cc(S(=O)(=O)NC(C)C)ccc1OC. The maximum absolute atomic E-state index is 13.0. The lowest BCUT2D eigenvalue weighted by Gasteiger charge is -2.19. The number of halogens is 1. The highest BCUT2D eigenvalue weighted by atomic mass is 32.2. The van der Waals surface area contributed by atoms with Gasteiger partial charge in [-0.3, -0.25) is 4.79 Å². The number of anilines is 1. The Hall–Kier alpha value is -2.65. The summed E-state index contributed by atoms with van der Waals surface area (Å²) in [6.45, 7) is 5.18. The van der Waals surface area contributed by atoms with Crippen LogP contribution < -0.4 is 19.5 Å². The summed E-state index contributed by atoms with van der Waals surface area (Å²) in [5.41, 5.74) is 0.199. The first-order valence-corrected chi connectivity index (χ1v) is 10.6. The summed E-state index contributed by atoms with van der Waals surface area (Å²) < 4.78 is 51.2. The lowest BCUT2D eigenvalue weighted by Crippen LogP contribution is -2.33. The quantitative estimate of drug-likeness (QED) is 0.644. The molecule has 7 nitrogen and oxygen atoms in total. The van der Waals surface area contributed by atoms with Crippen molar-refractivity contribution in [3.05, 3.63) is 48.3 Å². The summed E-state index contributed by atoms with van der Waals surface area (Å²) in [6.07, 6.45) is -0.516. The number of nitrogens with one attached hydrogen (secondary N) is 2. The minimum Gasteiger partial charge on any atom is -0.495 e. The Kier molecular flexibility index (Phi) is 7.58. The monoisotopic (exact) mass is 424 g/mol. The molecule has 0 radical (unpaired) electrons. The van der Waals surface area contributed by atoms with Gasteiger partial charge in [-0.1, -0.05) is 6.92 Å². The van der Waals surface area contributed by atoms with Crippen LogP contribution >= 0.6 is 0 Å². The highest BCUT2D eigenvalue weighted by Crippen LogP contribution is 2.28. The molecular formula is C20H25FN2O5S. The first kappa shape index (κ1) is 22.6. The second kappa shape index (κ2) is 9.71. The van der Waals surface area contributed by atoms with E-state index in [4.69, 9.17) is 9.47 Å². The van der Waals surface area contributed by atoms with Crippen LogP contribution in [-0.2, 0) is 14.8 Å². The average Bonchev–Trinajstić information content (AvgIpc) is 2.66. The van der Waals surface area contributed by atoms with Gasteiger partial charge in [0.05, 0.1) is 17.7 Å². The largest absolute Gasteiger partial charge is 0.495 e. The maximum Gasteiger partial charge on any atom is 0.265 e. The number of ether oxygens (including phenoxy) is 2. The molecule has 2 rings (SSSR count). The van der Waals surface area contributed by atoms with E-state index in [0.29, 0.717) is 17.9 Å². The Labute approximate surface area is 170 Å². The van der Waals surface area contributed by atoms with Crippen LogP contribution in [-0.4, -0.2) is 33.6 Å². The topological polar surface area (TPSA) is 93.7 Å². The molecule has 2 N–H and O–H groups in total. The second-order valence-corrected chi connectivity index (χ2v) is 8.31. The zero-order valence-corrected chi connectivity index (χ0v) is 17.5. The number of amides is 1. The number of hydrogen-bond acceptors (Lipinski definition) is 5. The fraction of sp³-hybridized carbons (Fsp3) is 0.350. The van der Waals surface area contributed by atoms with E-state index >= 15 is 0 Å². The van der Waals surface area contributed by atoms with E-state index in [0.717, 1.165) is 0 Å². The van der Waals surface area contributed by atoms with Gasteiger partial charge < -0.3 is 14.8 Å². The molecule has 0 heterocycles. The molecule has 0 unspecified atom stereocenters. The van der Waals surface area contributed by atoms with Crippen molar-refractivity contribution in [2.75, 3.05) is 12.4 Å². The molecule has 0 fully saturated rings. The molecule has 0 saturated carbocycles. The van der Waals surface area contributed by atoms with Crippen molar-refractivity contribution in [2.45, 2.75) is 44.2 Å². The third-order valence-electron chi connectivity index (χ3n) is 3.89. The predicted molar refractivity (Wildman–Crippen MR) is 108 cm³/mol. The maximum atomic E-state index is 13.0. The Bertz CT molecular complexity index is 946. The minimum absolute atomic E-state index is 0.00481. The minimum atomic E-state index is -3.74. The van der Waals surface area contributed by atoms with Crippen LogP contribution in [0.4, 0.5) is 10.1 Å². The molecule has 0 aromatic heterocycles. The van der Waals surface area contributed by atoms with Gasteiger partial charge in [0.1, 0.15) is 17.3 Å². The van der Waals surface area contributed by atoms with Crippen molar-refractivity contribution in [3.8, 4) is 11.5 Å². The molecule has 0 aliphatic rings. The number of rotatable bonds is 9. The van der Waals surface area contributed by atoms with Crippen LogP contribution in [0.2, 0.25) is 0 Å². The highest BCUT2D eigenvalue weighted by Gasteiger charge is 2.22. The molecule has 0 spiro atoms. The summed E-state index contributed by atoms with van der Waals surface area (Å²) in [7, 11) is -2.33. The molecule has 1 amide bonds. The molecule has 0 saturated heterocycles. The van der Waals surface area contributed by atoms with Crippen molar-refractivity contribution in [3.63, 3.8) is 0 Å². The standard InChI is InChI=1S/C20H25FN2O5S/c1-5-18(28-15-8-6-14(21)7-9-15)20(24)22-17-12-16(10-11-19(17)27-4)29(25,26)23-13(2)3/h6-13,18,23H,5H2,1-4H3,(H,22,24)/t18-/m1/s1. The molecule has 2 aromatic carbocycles. The van der Waals surface area contributed by atoms with Crippen LogP contribution in [0.25, 0.3) is 0 Å². The van der Waals surface area contributed by atoms with Crippen molar-refractivity contribution in [1.82, 2.24) is 4.72 Å². The molecule has 0 bridgehead atoms. The molecule has 29 heavy (non-hydrogen) atoms. The van der Waals surface area contributed by atoms with Gasteiger partial charge in [-0.25, -0.2) is 17.5 Å². The van der Waals surface area contributed by atoms with Crippen molar-refractivity contribution < 1.29 is 27.1 Å². The number of carbonyl (C=O) groups is 1. The molecule has 158 valence electrons. The Morgan fingerprint density at radius 1 is 1.14 bits per heavy atom. The predicted octanol–water partition coefficient (Wildman–Crippen LogP) is 3.32. The van der Waals surface area contributed by atoms with E-state index in [1.165, 1.54) is 49.6 Å². The number of methoxy groups -OCH3 is 1. The normalized spacial score (nSPS) is 12.5. The van der Waals surface area contributed by atoms with Crippen molar-refractivity contribution >= 4 is 21.6 Å². The van der Waals surface area contributed by atoms with Gasteiger partial charge in [0.25, 0.3) is 5.91 Å². The highest BCUT2D eigenvalue weighted by molar-refractivity contribution is 7.89. The molecule has 0 aliphatic carbocycles. The number of carbonyl (C=O) groups excluding carboxylic acids is 1. The van der Waals surface area contributed by atoms with Crippen LogP contribution in [0, 0.1) is 5.82 Å². The first-order valence-electron chi connectivity index (χ1n) is 9.09. The molecule has 0 aliphatic heterocycles. The Morgan fingerprint density at radius 3 is 2.34 bits per heavy atom. The molecule has 2 aromatic rings. The van der Waals surface area contributed by atoms with Crippen molar-refractivity contribution in [1.29, 1.82) is 0 Å². The van der Waals surface area contributed by atoms with E-state index in [9.17, 15) is 17.6 Å². The zero-order valence-electron chi connectivity index (χ0n) is 16.7. The van der Waals surface area contributed by atoms with E-state index < -0.39 is 27.9 Å². The van der Waals surface area contributed by atoms with Crippen LogP contribution in [0.5, 0.6) is 11.5 Å². The van der Waals surface area contributed by atoms with Gasteiger partial charge >= 0.3 is 0 Å². The summed E-state index contributed by atoms with van der Waals surface area (Å²) >= 11 is 0. The molecule has 9 heteroatoms. The van der Waals surface area contributed by atoms with Gasteiger partial charge in [-0.05, 0) is 62.7 Å². The number of hydrogen-bond donors (Lipinski definition) is 2. The third-order valence-corrected chi connectivity index (χ3v) is 5.54. The first-order chi connectivity index (χ1) is 13.7. The summed E-state index contributed by atoms with van der Waals surface area (Å²) in [4.78, 5) is 12.7. The van der Waals surface area contributed by atoms with Gasteiger partial charge in [-0.15, -0.1) is 0 Å². The van der Waals surface area contributed by atoms with E-state index in [1.807, 2.05) is 0 Å². The number of sulfonamides is 1. The average molecular weight is 424 g/mol. The Morgan fingerprint density at radius 2 is 1.79 bits per heavy atom. The summed E-state index contributed by atoms with van der Waals surface area (Å²) in [6, 6.07) is 9.23. The summed E-state index contributed by atoms with van der Waals surface area (Å²) in [5, 5.41) is 2.65. The Balaban J connectivity index is 2.24. The van der Waals surface area contributed by atoms with Crippen LogP contribution in [0.3, 0.4) is 0 Å². The van der Waals surface area contributed by atoms with Gasteiger partial charge in [0, 0.05) is 6.04 Å². The van der Waals surface area contributed by atoms with Crippen LogP contribution in [0.1, 0.15) is 27.2 Å². The van der Waals surface area contributed by atoms with Crippen LogP contribution in [0.15, 0.2) is 47.4 Å². The fourth-order valence-electron chi connectivity index (χ4n) is 2.54. The summed E-state index contributed by atoms with van der Waals surface area (Å²) in [5.74, 6) is -0.245. The molecule has 1 atom stereocenters. The van der Waals surface area contributed by atoms with Gasteiger partial charge in [0.2, 0.25) is 10.0 Å². The molecular weight excluding hydrogens is 399 g/mol. The van der Waals surface area contributed by atoms with Gasteiger partial charge in [-0.2, -0.15) is 0 Å². The third kappa shape index (κ3) is 6.16. The van der Waals surface area contributed by atoms with E-state index in [2.05, 4.69) is 10.0 Å². The lowest BCUT2D eigenvalue weighted by molar-refractivity contribution is -0.122.